The van der Waals surface area contributed by atoms with Crippen LogP contribution in [-0.2, 0) is 9.47 Å². The number of nitrogens with one attached hydrogen (secondary N) is 2. The summed E-state index contributed by atoms with van der Waals surface area (Å²) in [7, 11) is 4.15. The Labute approximate surface area is 166 Å². The molecule has 0 aromatic rings. The first-order valence-corrected chi connectivity index (χ1v) is 8.79. The van der Waals surface area contributed by atoms with E-state index < -0.39 is 0 Å². The van der Waals surface area contributed by atoms with Crippen molar-refractivity contribution in [1.29, 1.82) is 0 Å². The Balaban J connectivity index is 0. The van der Waals surface area contributed by atoms with Gasteiger partial charge in [0, 0.05) is 25.2 Å². The molecular formula is C17H39IN4O2. The maximum Gasteiger partial charge on any atom is 0.191 e. The van der Waals surface area contributed by atoms with Gasteiger partial charge in [-0.3, -0.25) is 4.99 Å². The topological polar surface area (TPSA) is 58.1 Å². The quantitative estimate of drug-likeness (QED) is 0.192. The highest BCUT2D eigenvalue weighted by molar-refractivity contribution is 14.0. The van der Waals surface area contributed by atoms with Gasteiger partial charge in [0.2, 0.25) is 0 Å². The molecule has 0 atom stereocenters. The molecule has 0 bridgehead atoms. The molecule has 0 unspecified atom stereocenters. The highest BCUT2D eigenvalue weighted by Crippen LogP contribution is 2.09. The van der Waals surface area contributed by atoms with E-state index >= 15 is 0 Å². The lowest BCUT2D eigenvalue weighted by molar-refractivity contribution is 0.0487. The van der Waals surface area contributed by atoms with Crippen molar-refractivity contribution in [3.63, 3.8) is 0 Å². The van der Waals surface area contributed by atoms with Gasteiger partial charge >= 0.3 is 0 Å². The molecule has 0 amide bonds. The summed E-state index contributed by atoms with van der Waals surface area (Å²) in [5.41, 5.74) is 0.0364. The number of ether oxygens (including phenoxy) is 2. The van der Waals surface area contributed by atoms with Crippen molar-refractivity contribution in [3.8, 4) is 0 Å². The Morgan fingerprint density at radius 1 is 1.00 bits per heavy atom. The van der Waals surface area contributed by atoms with Crippen LogP contribution in [0.15, 0.2) is 4.99 Å². The minimum atomic E-state index is 0. The van der Waals surface area contributed by atoms with E-state index in [1.54, 1.807) is 0 Å². The van der Waals surface area contributed by atoms with Crippen LogP contribution in [0.4, 0.5) is 0 Å². The molecule has 0 fully saturated rings. The number of aliphatic imine (C=N–C) groups is 1. The fourth-order valence-corrected chi connectivity index (χ4v) is 1.57. The second-order valence-electron chi connectivity index (χ2n) is 6.41. The summed E-state index contributed by atoms with van der Waals surface area (Å²) in [6, 6.07) is 0. The fourth-order valence-electron chi connectivity index (χ4n) is 1.57. The number of rotatable bonds is 13. The van der Waals surface area contributed by atoms with Crippen LogP contribution >= 0.6 is 24.0 Å². The summed E-state index contributed by atoms with van der Waals surface area (Å²) in [5.74, 6) is 0.838. The lowest BCUT2D eigenvalue weighted by atomic mass is 10.1. The van der Waals surface area contributed by atoms with E-state index in [0.29, 0.717) is 19.8 Å². The third-order valence-electron chi connectivity index (χ3n) is 3.73. The minimum Gasteiger partial charge on any atom is -0.379 e. The number of unbranched alkanes of at least 4 members (excludes halogenated alkanes) is 1. The molecule has 0 aromatic carbocycles. The predicted octanol–water partition coefficient (Wildman–Crippen LogP) is 2.33. The van der Waals surface area contributed by atoms with Crippen LogP contribution in [0.3, 0.4) is 0 Å². The summed E-state index contributed by atoms with van der Waals surface area (Å²) >= 11 is 0. The molecule has 0 rings (SSSR count). The lowest BCUT2D eigenvalue weighted by Gasteiger charge is -2.31. The van der Waals surface area contributed by atoms with Crippen molar-refractivity contribution in [3.05, 3.63) is 0 Å². The highest BCUT2D eigenvalue weighted by atomic mass is 127. The number of hydrogen-bond acceptors (Lipinski definition) is 4. The second kappa shape index (κ2) is 16.4. The summed E-state index contributed by atoms with van der Waals surface area (Å²) in [4.78, 5) is 6.83. The normalized spacial score (nSPS) is 12.2. The smallest absolute Gasteiger partial charge is 0.191 e. The number of guanidine groups is 1. The SMILES string of the molecule is CCCCOCCOCCNC(=NCC(C)(C)N(C)C)NCC.I. The van der Waals surface area contributed by atoms with E-state index in [4.69, 9.17) is 9.47 Å². The summed E-state index contributed by atoms with van der Waals surface area (Å²) in [6.07, 6.45) is 2.29. The Bertz CT molecular complexity index is 313. The van der Waals surface area contributed by atoms with Crippen molar-refractivity contribution in [2.45, 2.75) is 46.1 Å². The van der Waals surface area contributed by atoms with Crippen LogP contribution in [0.25, 0.3) is 0 Å². The van der Waals surface area contributed by atoms with Gasteiger partial charge in [-0.2, -0.15) is 0 Å². The molecular weight excluding hydrogens is 419 g/mol. The first-order chi connectivity index (χ1) is 10.9. The van der Waals surface area contributed by atoms with Crippen molar-refractivity contribution in [1.82, 2.24) is 15.5 Å². The molecule has 0 saturated carbocycles. The van der Waals surface area contributed by atoms with Crippen LogP contribution in [0, 0.1) is 0 Å². The number of nitrogens with zero attached hydrogens (tertiary/aromatic N) is 2. The van der Waals surface area contributed by atoms with Gasteiger partial charge in [0.1, 0.15) is 0 Å². The van der Waals surface area contributed by atoms with E-state index in [9.17, 15) is 0 Å². The zero-order valence-corrected chi connectivity index (χ0v) is 18.8. The van der Waals surface area contributed by atoms with Gasteiger partial charge in [-0.15, -0.1) is 24.0 Å². The maximum atomic E-state index is 5.55. The van der Waals surface area contributed by atoms with Gasteiger partial charge in [-0.1, -0.05) is 13.3 Å². The molecule has 0 saturated heterocycles. The lowest BCUT2D eigenvalue weighted by Crippen LogP contribution is -2.44. The van der Waals surface area contributed by atoms with Gasteiger partial charge in [-0.25, -0.2) is 0 Å². The molecule has 0 aliphatic carbocycles. The van der Waals surface area contributed by atoms with Gasteiger partial charge < -0.3 is 25.0 Å². The molecule has 0 spiro atoms. The fraction of sp³-hybridized carbons (Fsp3) is 0.941. The standard InChI is InChI=1S/C17H38N4O2.HI/c1-7-9-11-22-13-14-23-12-10-19-16(18-8-2)20-15-17(3,4)21(5)6;/h7-15H2,1-6H3,(H2,18,19,20);1H. The third-order valence-corrected chi connectivity index (χ3v) is 3.73. The summed E-state index contributed by atoms with van der Waals surface area (Å²) < 4.78 is 11.0. The molecule has 0 aromatic heterocycles. The van der Waals surface area contributed by atoms with Gasteiger partial charge in [0.15, 0.2) is 5.96 Å². The zero-order chi connectivity index (χ0) is 17.6. The van der Waals surface area contributed by atoms with Crippen LogP contribution in [0.5, 0.6) is 0 Å². The Morgan fingerprint density at radius 3 is 2.17 bits per heavy atom. The largest absolute Gasteiger partial charge is 0.379 e. The van der Waals surface area contributed by atoms with Gasteiger partial charge in [0.25, 0.3) is 0 Å². The summed E-state index contributed by atoms with van der Waals surface area (Å²) in [6.45, 7) is 13.7. The third kappa shape index (κ3) is 14.2. The molecule has 0 aliphatic heterocycles. The number of halogens is 1. The van der Waals surface area contributed by atoms with E-state index in [0.717, 1.165) is 38.6 Å². The van der Waals surface area contributed by atoms with Crippen LogP contribution in [0.1, 0.15) is 40.5 Å². The Hall–Kier alpha value is -0.120. The molecule has 24 heavy (non-hydrogen) atoms. The zero-order valence-electron chi connectivity index (χ0n) is 16.5. The monoisotopic (exact) mass is 458 g/mol. The predicted molar refractivity (Wildman–Crippen MR) is 114 cm³/mol. The van der Waals surface area contributed by atoms with E-state index in [1.807, 2.05) is 0 Å². The van der Waals surface area contributed by atoms with Gasteiger partial charge in [0.05, 0.1) is 26.4 Å². The molecule has 146 valence electrons. The first kappa shape index (κ1) is 26.1. The minimum absolute atomic E-state index is 0. The van der Waals surface area contributed by atoms with E-state index in [1.165, 1.54) is 6.42 Å². The molecule has 0 aliphatic rings. The second-order valence-corrected chi connectivity index (χ2v) is 6.41. The Morgan fingerprint density at radius 2 is 1.62 bits per heavy atom. The molecule has 7 heteroatoms. The van der Waals surface area contributed by atoms with E-state index in [2.05, 4.69) is 62.3 Å². The van der Waals surface area contributed by atoms with Crippen molar-refractivity contribution >= 4 is 29.9 Å². The maximum absolute atomic E-state index is 5.55. The first-order valence-electron chi connectivity index (χ1n) is 8.79. The summed E-state index contributed by atoms with van der Waals surface area (Å²) in [5, 5.41) is 6.56. The molecule has 2 N–H and O–H groups in total. The van der Waals surface area contributed by atoms with Crippen molar-refractivity contribution in [2.24, 2.45) is 4.99 Å². The average Bonchev–Trinajstić information content (AvgIpc) is 2.50. The van der Waals surface area contributed by atoms with Gasteiger partial charge in [-0.05, 0) is 41.3 Å². The van der Waals surface area contributed by atoms with Crippen LogP contribution in [0.2, 0.25) is 0 Å². The molecule has 0 radical (unpaired) electrons. The van der Waals surface area contributed by atoms with Crippen LogP contribution in [-0.4, -0.2) is 76.6 Å². The number of likely N-dealkylation sites (N-methyl/N-ethyl adjacent to an activating group) is 1. The Kier molecular flexibility index (Phi) is 17.8. The molecule has 6 nitrogen and oxygen atoms in total. The van der Waals surface area contributed by atoms with Crippen molar-refractivity contribution in [2.75, 3.05) is 60.2 Å². The van der Waals surface area contributed by atoms with Crippen LogP contribution < -0.4 is 10.6 Å². The highest BCUT2D eigenvalue weighted by Gasteiger charge is 2.19. The van der Waals surface area contributed by atoms with E-state index in [-0.39, 0.29) is 29.5 Å². The number of hydrogen-bond donors (Lipinski definition) is 2. The van der Waals surface area contributed by atoms with Crippen molar-refractivity contribution < 1.29 is 9.47 Å². The molecule has 0 heterocycles. The average molecular weight is 458 g/mol.